The van der Waals surface area contributed by atoms with Crippen LogP contribution in [0.5, 0.6) is 5.75 Å². The zero-order valence-corrected chi connectivity index (χ0v) is 22.6. The third-order valence-corrected chi connectivity index (χ3v) is 7.41. The normalized spacial score (nSPS) is 14.8. The highest BCUT2D eigenvalue weighted by atomic mass is 19.4. The molecule has 1 fully saturated rings. The number of amides is 1. The van der Waals surface area contributed by atoms with Crippen molar-refractivity contribution in [2.75, 3.05) is 18.0 Å². The molecule has 1 aliphatic rings. The maximum atomic E-state index is 13.1. The lowest BCUT2D eigenvalue weighted by Gasteiger charge is -2.34. The number of fused-ring (bicyclic) bond motifs is 1. The van der Waals surface area contributed by atoms with Gasteiger partial charge in [-0.2, -0.15) is 13.2 Å². The number of benzene rings is 2. The van der Waals surface area contributed by atoms with E-state index in [0.29, 0.717) is 12.1 Å². The second-order valence-electron chi connectivity index (χ2n) is 10.1. The summed E-state index contributed by atoms with van der Waals surface area (Å²) >= 11 is 0. The van der Waals surface area contributed by atoms with Crippen LogP contribution in [0, 0.1) is 0 Å². The molecule has 1 amide bonds. The highest BCUT2D eigenvalue weighted by Gasteiger charge is 2.32. The molecule has 12 heteroatoms. The van der Waals surface area contributed by atoms with Gasteiger partial charge in [0.15, 0.2) is 0 Å². The van der Waals surface area contributed by atoms with Gasteiger partial charge >= 0.3 is 12.5 Å². The Hall–Kier alpha value is -4.22. The fourth-order valence-electron chi connectivity index (χ4n) is 5.26. The lowest BCUT2D eigenvalue weighted by Crippen LogP contribution is -2.32. The van der Waals surface area contributed by atoms with Crippen molar-refractivity contribution in [2.45, 2.75) is 51.2 Å². The molecule has 1 N–H and O–H groups in total. The van der Waals surface area contributed by atoms with Gasteiger partial charge in [0, 0.05) is 31.5 Å². The third kappa shape index (κ3) is 6.63. The van der Waals surface area contributed by atoms with E-state index in [9.17, 15) is 31.1 Å². The number of hydrogen-bond acceptors (Lipinski definition) is 4. The van der Waals surface area contributed by atoms with Gasteiger partial charge in [-0.05, 0) is 72.7 Å². The number of aromatic nitrogens is 2. The van der Waals surface area contributed by atoms with Gasteiger partial charge in [0.25, 0.3) is 5.91 Å². The lowest BCUT2D eigenvalue weighted by molar-refractivity contribution is -0.274. The minimum absolute atomic E-state index is 0.0624. The Balaban J connectivity index is 1.17. The molecule has 0 spiro atoms. The lowest BCUT2D eigenvalue weighted by atomic mass is 9.89. The first kappa shape index (κ1) is 29.3. The molecule has 2 aromatic heterocycles. The summed E-state index contributed by atoms with van der Waals surface area (Å²) in [6.45, 7) is 3.58. The summed E-state index contributed by atoms with van der Waals surface area (Å²) in [6, 6.07) is 15.7. The number of imidazole rings is 1. The standard InChI is InChI=1S/C30H28F6N4O2/c1-2-25-27(40-16-13-22(29(31,32)33)17-26(40)38-25)28(41)37-18-19-3-7-23(8-4-19)39-14-11-21(12-15-39)20-5-9-24(10-6-20)42-30(34,35)36/h3-10,13,16-17,21H,2,11-12,14-15,18H2,1H3,(H,37,41). The van der Waals surface area contributed by atoms with Crippen molar-refractivity contribution in [1.82, 2.24) is 14.7 Å². The Kier molecular flexibility index (Phi) is 8.07. The van der Waals surface area contributed by atoms with Gasteiger partial charge < -0.3 is 15.0 Å². The average Bonchev–Trinajstić information content (AvgIpc) is 3.34. The van der Waals surface area contributed by atoms with Crippen LogP contribution in [0.25, 0.3) is 5.65 Å². The van der Waals surface area contributed by atoms with Crippen molar-refractivity contribution in [3.8, 4) is 5.75 Å². The molecule has 0 atom stereocenters. The zero-order valence-electron chi connectivity index (χ0n) is 22.6. The van der Waals surface area contributed by atoms with Crippen LogP contribution in [-0.2, 0) is 19.1 Å². The molecule has 222 valence electrons. The Morgan fingerprint density at radius 3 is 2.24 bits per heavy atom. The summed E-state index contributed by atoms with van der Waals surface area (Å²) in [5.74, 6) is -0.421. The summed E-state index contributed by atoms with van der Waals surface area (Å²) in [5.41, 5.74) is 2.72. The van der Waals surface area contributed by atoms with E-state index in [1.807, 2.05) is 24.3 Å². The van der Waals surface area contributed by atoms with E-state index >= 15 is 0 Å². The van der Waals surface area contributed by atoms with Gasteiger partial charge in [-0.3, -0.25) is 9.20 Å². The summed E-state index contributed by atoms with van der Waals surface area (Å²) < 4.78 is 81.9. The largest absolute Gasteiger partial charge is 0.573 e. The quantitative estimate of drug-likeness (QED) is 0.233. The molecule has 3 heterocycles. The van der Waals surface area contributed by atoms with Crippen molar-refractivity contribution in [3.05, 3.63) is 94.9 Å². The second kappa shape index (κ2) is 11.6. The van der Waals surface area contributed by atoms with Crippen LogP contribution in [0.2, 0.25) is 0 Å². The van der Waals surface area contributed by atoms with Gasteiger partial charge in [-0.15, -0.1) is 13.2 Å². The number of anilines is 1. The van der Waals surface area contributed by atoms with E-state index in [2.05, 4.69) is 19.9 Å². The molecule has 1 aliphatic heterocycles. The number of aryl methyl sites for hydroxylation is 1. The van der Waals surface area contributed by atoms with Crippen LogP contribution in [-0.4, -0.2) is 34.7 Å². The van der Waals surface area contributed by atoms with Crippen LogP contribution >= 0.6 is 0 Å². The third-order valence-electron chi connectivity index (χ3n) is 7.41. The molecule has 0 aliphatic carbocycles. The Morgan fingerprint density at radius 2 is 1.64 bits per heavy atom. The van der Waals surface area contributed by atoms with Crippen molar-refractivity contribution >= 4 is 17.2 Å². The van der Waals surface area contributed by atoms with Crippen LogP contribution in [0.1, 0.15) is 58.6 Å². The van der Waals surface area contributed by atoms with E-state index in [4.69, 9.17) is 0 Å². The van der Waals surface area contributed by atoms with E-state index < -0.39 is 24.0 Å². The molecular formula is C30H28F6N4O2. The number of rotatable bonds is 7. The van der Waals surface area contributed by atoms with Crippen molar-refractivity contribution < 1.29 is 35.9 Å². The minimum Gasteiger partial charge on any atom is -0.406 e. The number of halogens is 6. The first-order valence-corrected chi connectivity index (χ1v) is 13.5. The van der Waals surface area contributed by atoms with Gasteiger partial charge in [-0.25, -0.2) is 4.98 Å². The van der Waals surface area contributed by atoms with Gasteiger partial charge in [0.1, 0.15) is 17.1 Å². The number of carbonyl (C=O) groups excluding carboxylic acids is 1. The van der Waals surface area contributed by atoms with Crippen molar-refractivity contribution in [2.24, 2.45) is 0 Å². The maximum Gasteiger partial charge on any atom is 0.573 e. The van der Waals surface area contributed by atoms with Crippen molar-refractivity contribution in [3.63, 3.8) is 0 Å². The summed E-state index contributed by atoms with van der Waals surface area (Å²) in [5, 5.41) is 2.85. The number of hydrogen-bond donors (Lipinski definition) is 1. The second-order valence-corrected chi connectivity index (χ2v) is 10.1. The number of nitrogens with zero attached hydrogens (tertiary/aromatic N) is 3. The number of nitrogens with one attached hydrogen (secondary N) is 1. The number of carbonyl (C=O) groups is 1. The molecule has 5 rings (SSSR count). The topological polar surface area (TPSA) is 58.9 Å². The highest BCUT2D eigenvalue weighted by molar-refractivity contribution is 5.94. The SMILES string of the molecule is CCc1nc2cc(C(F)(F)F)ccn2c1C(=O)NCc1ccc(N2CCC(c3ccc(OC(F)(F)F)cc3)CC2)cc1. The molecule has 4 aromatic rings. The molecule has 0 radical (unpaired) electrons. The van der Waals surface area contributed by atoms with Crippen molar-refractivity contribution in [1.29, 1.82) is 0 Å². The first-order valence-electron chi connectivity index (χ1n) is 13.5. The van der Waals surface area contributed by atoms with E-state index in [-0.39, 0.29) is 29.6 Å². The van der Waals surface area contributed by atoms with Gasteiger partial charge in [-0.1, -0.05) is 31.2 Å². The molecular weight excluding hydrogens is 562 g/mol. The molecule has 0 bridgehead atoms. The van der Waals surface area contributed by atoms with Crippen LogP contribution in [0.3, 0.4) is 0 Å². The van der Waals surface area contributed by atoms with E-state index in [0.717, 1.165) is 54.9 Å². The highest BCUT2D eigenvalue weighted by Crippen LogP contribution is 2.33. The van der Waals surface area contributed by atoms with Gasteiger partial charge in [0.2, 0.25) is 0 Å². The van der Waals surface area contributed by atoms with Crippen LogP contribution in [0.15, 0.2) is 66.9 Å². The summed E-state index contributed by atoms with van der Waals surface area (Å²) in [7, 11) is 0. The number of pyridine rings is 1. The number of piperidine rings is 1. The molecule has 42 heavy (non-hydrogen) atoms. The predicted octanol–water partition coefficient (Wildman–Crippen LogP) is 7.13. The monoisotopic (exact) mass is 590 g/mol. The maximum absolute atomic E-state index is 13.1. The smallest absolute Gasteiger partial charge is 0.406 e. The van der Waals surface area contributed by atoms with E-state index in [1.165, 1.54) is 22.7 Å². The fourth-order valence-corrected chi connectivity index (χ4v) is 5.26. The molecule has 0 unspecified atom stereocenters. The van der Waals surface area contributed by atoms with Crippen LogP contribution in [0.4, 0.5) is 32.0 Å². The number of ether oxygens (including phenoxy) is 1. The first-order chi connectivity index (χ1) is 19.9. The predicted molar refractivity (Wildman–Crippen MR) is 144 cm³/mol. The Morgan fingerprint density at radius 1 is 0.976 bits per heavy atom. The Labute approximate surface area is 237 Å². The Bertz CT molecular complexity index is 1540. The molecule has 6 nitrogen and oxygen atoms in total. The number of alkyl halides is 6. The fraction of sp³-hybridized carbons (Fsp3) is 0.333. The molecule has 1 saturated heterocycles. The summed E-state index contributed by atoms with van der Waals surface area (Å²) in [6.07, 6.45) is -5.92. The molecule has 2 aromatic carbocycles. The molecule has 0 saturated carbocycles. The van der Waals surface area contributed by atoms with Gasteiger partial charge in [0.05, 0.1) is 11.3 Å². The summed E-state index contributed by atoms with van der Waals surface area (Å²) in [4.78, 5) is 19.5. The minimum atomic E-state index is -4.71. The zero-order chi connectivity index (χ0) is 30.1. The average molecular weight is 591 g/mol. The van der Waals surface area contributed by atoms with Crippen LogP contribution < -0.4 is 15.0 Å². The van der Waals surface area contributed by atoms with E-state index in [1.54, 1.807) is 19.1 Å².